The number of hydrogen-bond acceptors (Lipinski definition) is 5. The van der Waals surface area contributed by atoms with Crippen molar-refractivity contribution in [1.82, 2.24) is 16.2 Å². The van der Waals surface area contributed by atoms with Crippen LogP contribution in [0.25, 0.3) is 0 Å². The van der Waals surface area contributed by atoms with Crippen LogP contribution in [0.2, 0.25) is 0 Å². The summed E-state index contributed by atoms with van der Waals surface area (Å²) in [4.78, 5) is 24.2. The zero-order valence-corrected chi connectivity index (χ0v) is 19.0. The van der Waals surface area contributed by atoms with Gasteiger partial charge in [0, 0.05) is 4.47 Å². The predicted octanol–water partition coefficient (Wildman–Crippen LogP) is 3.24. The van der Waals surface area contributed by atoms with Crippen molar-refractivity contribution in [2.24, 2.45) is 0 Å². The smallest absolute Gasteiger partial charge is 0.276 e. The minimum absolute atomic E-state index is 0.0646. The number of hydrogen-bond donors (Lipinski definition) is 3. The van der Waals surface area contributed by atoms with E-state index in [-0.39, 0.29) is 11.7 Å². The molecule has 28 heavy (non-hydrogen) atoms. The molecule has 2 aromatic rings. The summed E-state index contributed by atoms with van der Waals surface area (Å²) >= 11 is 11.8. The Balaban J connectivity index is 1.83. The van der Waals surface area contributed by atoms with Crippen LogP contribution < -0.4 is 25.6 Å². The minimum Gasteiger partial charge on any atom is -0.496 e. The molecule has 0 aliphatic rings. The number of benzene rings is 2. The molecule has 0 unspecified atom stereocenters. The van der Waals surface area contributed by atoms with Crippen LogP contribution in [0.5, 0.6) is 11.5 Å². The second-order valence-electron chi connectivity index (χ2n) is 5.48. The van der Waals surface area contributed by atoms with Crippen LogP contribution in [0.1, 0.15) is 15.9 Å². The molecule has 0 saturated heterocycles. The maximum Gasteiger partial charge on any atom is 0.276 e. The van der Waals surface area contributed by atoms with Crippen molar-refractivity contribution in [1.29, 1.82) is 0 Å². The molecule has 148 valence electrons. The summed E-state index contributed by atoms with van der Waals surface area (Å²) in [5.74, 6) is 0.0408. The maximum atomic E-state index is 12.2. The van der Waals surface area contributed by atoms with Gasteiger partial charge in [0.05, 0.1) is 17.1 Å². The Morgan fingerprint density at radius 1 is 1.14 bits per heavy atom. The summed E-state index contributed by atoms with van der Waals surface area (Å²) in [6.45, 7) is 1.63. The average molecular weight is 531 g/mol. The van der Waals surface area contributed by atoms with Crippen molar-refractivity contribution in [3.8, 4) is 11.5 Å². The van der Waals surface area contributed by atoms with Gasteiger partial charge in [-0.05, 0) is 64.9 Å². The second kappa shape index (κ2) is 10.4. The van der Waals surface area contributed by atoms with Crippen molar-refractivity contribution in [3.05, 3.63) is 56.5 Å². The van der Waals surface area contributed by atoms with E-state index in [1.165, 1.54) is 7.11 Å². The third-order valence-electron chi connectivity index (χ3n) is 3.44. The molecule has 0 atom stereocenters. The summed E-state index contributed by atoms with van der Waals surface area (Å²) in [6, 6.07) is 10.4. The van der Waals surface area contributed by atoms with Crippen LogP contribution in [-0.2, 0) is 4.79 Å². The van der Waals surface area contributed by atoms with Crippen LogP contribution >= 0.6 is 44.1 Å². The van der Waals surface area contributed by atoms with E-state index < -0.39 is 11.8 Å². The number of carbonyl (C=O) groups is 2. The Morgan fingerprint density at radius 2 is 1.86 bits per heavy atom. The number of halogens is 2. The molecule has 2 rings (SSSR count). The van der Waals surface area contributed by atoms with Crippen molar-refractivity contribution < 1.29 is 19.1 Å². The Hall–Kier alpha value is -2.17. The van der Waals surface area contributed by atoms with Gasteiger partial charge in [-0.3, -0.25) is 25.8 Å². The zero-order chi connectivity index (χ0) is 20.7. The molecule has 3 N–H and O–H groups in total. The molecule has 2 aromatic carbocycles. The lowest BCUT2D eigenvalue weighted by Crippen LogP contribution is -2.49. The van der Waals surface area contributed by atoms with Crippen LogP contribution in [-0.4, -0.2) is 30.6 Å². The number of ether oxygens (including phenoxy) is 2. The fraction of sp³-hybridized carbons (Fsp3) is 0.167. The lowest BCUT2D eigenvalue weighted by Gasteiger charge is -2.14. The molecule has 7 nitrogen and oxygen atoms in total. The van der Waals surface area contributed by atoms with E-state index in [2.05, 4.69) is 48.0 Å². The van der Waals surface area contributed by atoms with Crippen molar-refractivity contribution >= 4 is 61.0 Å². The molecule has 0 bridgehead atoms. The molecule has 0 spiro atoms. The number of hydrazine groups is 1. The number of rotatable bonds is 5. The lowest BCUT2D eigenvalue weighted by molar-refractivity contribution is -0.123. The number of aryl methyl sites for hydroxylation is 1. The summed E-state index contributed by atoms with van der Waals surface area (Å²) in [5.41, 5.74) is 6.00. The number of methoxy groups -OCH3 is 1. The summed E-state index contributed by atoms with van der Waals surface area (Å²) in [7, 11) is 1.47. The summed E-state index contributed by atoms with van der Waals surface area (Å²) in [5, 5.41) is 2.39. The van der Waals surface area contributed by atoms with Crippen molar-refractivity contribution in [3.63, 3.8) is 0 Å². The first-order valence-electron chi connectivity index (χ1n) is 7.93. The van der Waals surface area contributed by atoms with Crippen LogP contribution in [0.15, 0.2) is 45.3 Å². The molecule has 0 aliphatic carbocycles. The van der Waals surface area contributed by atoms with E-state index in [9.17, 15) is 9.59 Å². The summed E-state index contributed by atoms with van der Waals surface area (Å²) < 4.78 is 12.3. The Bertz CT molecular complexity index is 885. The van der Waals surface area contributed by atoms with Gasteiger partial charge in [-0.2, -0.15) is 0 Å². The largest absolute Gasteiger partial charge is 0.496 e. The highest BCUT2D eigenvalue weighted by Crippen LogP contribution is 2.32. The topological polar surface area (TPSA) is 88.7 Å². The van der Waals surface area contributed by atoms with E-state index in [1.807, 2.05) is 19.1 Å². The van der Waals surface area contributed by atoms with Gasteiger partial charge in [0.15, 0.2) is 11.7 Å². The Kier molecular flexibility index (Phi) is 8.21. The third-order valence-corrected chi connectivity index (χ3v) is 4.69. The molecular formula is C18H17Br2N3O4S. The highest BCUT2D eigenvalue weighted by atomic mass is 79.9. The van der Waals surface area contributed by atoms with Gasteiger partial charge in [0.1, 0.15) is 11.5 Å². The van der Waals surface area contributed by atoms with Gasteiger partial charge in [0.2, 0.25) is 0 Å². The van der Waals surface area contributed by atoms with Gasteiger partial charge in [0.25, 0.3) is 11.8 Å². The van der Waals surface area contributed by atoms with E-state index in [4.69, 9.17) is 21.7 Å². The molecule has 0 fully saturated rings. The second-order valence-corrected chi connectivity index (χ2v) is 7.66. The standard InChI is InChI=1S/C18H17Br2N3O4S/c1-10-7-11(19)8-13(20)16(10)27-9-15(24)22-23-18(28)21-17(25)12-5-3-4-6-14(12)26-2/h3-8H,9H2,1-2H3,(H,22,24)(H2,21,23,25,28). The number of nitrogens with one attached hydrogen (secondary N) is 3. The highest BCUT2D eigenvalue weighted by Gasteiger charge is 2.14. The minimum atomic E-state index is -0.469. The Labute approximate surface area is 184 Å². The molecule has 0 saturated carbocycles. The number of amides is 2. The van der Waals surface area contributed by atoms with Crippen LogP contribution in [0.3, 0.4) is 0 Å². The first-order chi connectivity index (χ1) is 13.3. The van der Waals surface area contributed by atoms with Crippen molar-refractivity contribution in [2.75, 3.05) is 13.7 Å². The number of thiocarbonyl (C=S) groups is 1. The SMILES string of the molecule is COc1ccccc1C(=O)NC(=S)NNC(=O)COc1c(C)cc(Br)cc1Br. The van der Waals surface area contributed by atoms with Gasteiger partial charge in [-0.1, -0.05) is 28.1 Å². The molecule has 2 amide bonds. The molecule has 0 heterocycles. The predicted molar refractivity (Wildman–Crippen MR) is 116 cm³/mol. The lowest BCUT2D eigenvalue weighted by atomic mass is 10.2. The van der Waals surface area contributed by atoms with Gasteiger partial charge < -0.3 is 9.47 Å². The number of carbonyl (C=O) groups excluding carboxylic acids is 2. The molecule has 10 heteroatoms. The Morgan fingerprint density at radius 3 is 2.54 bits per heavy atom. The first kappa shape index (κ1) is 22.1. The van der Waals surface area contributed by atoms with Gasteiger partial charge in [-0.15, -0.1) is 0 Å². The van der Waals surface area contributed by atoms with Gasteiger partial charge >= 0.3 is 0 Å². The first-order valence-corrected chi connectivity index (χ1v) is 9.93. The van der Waals surface area contributed by atoms with Crippen LogP contribution in [0.4, 0.5) is 0 Å². The quantitative estimate of drug-likeness (QED) is 0.406. The van der Waals surface area contributed by atoms with E-state index in [0.717, 1.165) is 14.5 Å². The highest BCUT2D eigenvalue weighted by molar-refractivity contribution is 9.11. The molecule has 0 aromatic heterocycles. The fourth-order valence-corrected chi connectivity index (χ4v) is 3.90. The summed E-state index contributed by atoms with van der Waals surface area (Å²) in [6.07, 6.45) is 0. The monoisotopic (exact) mass is 529 g/mol. The number of para-hydroxylation sites is 1. The van der Waals surface area contributed by atoms with Gasteiger partial charge in [-0.25, -0.2) is 0 Å². The van der Waals surface area contributed by atoms with E-state index in [1.54, 1.807) is 24.3 Å². The fourth-order valence-electron chi connectivity index (χ4n) is 2.21. The molecule has 0 radical (unpaired) electrons. The third kappa shape index (κ3) is 6.18. The normalized spacial score (nSPS) is 10.0. The van der Waals surface area contributed by atoms with E-state index in [0.29, 0.717) is 17.1 Å². The molecule has 0 aliphatic heterocycles. The molecular weight excluding hydrogens is 514 g/mol. The van der Waals surface area contributed by atoms with Crippen molar-refractivity contribution in [2.45, 2.75) is 6.92 Å². The van der Waals surface area contributed by atoms with E-state index >= 15 is 0 Å². The average Bonchev–Trinajstić information content (AvgIpc) is 2.65. The van der Waals surface area contributed by atoms with Crippen LogP contribution in [0, 0.1) is 6.92 Å². The zero-order valence-electron chi connectivity index (χ0n) is 15.0. The maximum absolute atomic E-state index is 12.2.